The molecule has 7 nitrogen and oxygen atoms in total. The number of aliphatic hydroxyl groups is 1. The second-order valence-electron chi connectivity index (χ2n) is 10.1. The van der Waals surface area contributed by atoms with E-state index in [1.54, 1.807) is 27.6 Å². The van der Waals surface area contributed by atoms with Gasteiger partial charge in [-0.3, -0.25) is 14.4 Å². The summed E-state index contributed by atoms with van der Waals surface area (Å²) in [6.07, 6.45) is 5.79. The summed E-state index contributed by atoms with van der Waals surface area (Å²) in [6.45, 7) is 10.8. The second kappa shape index (κ2) is 10.8. The molecule has 8 heteroatoms. The summed E-state index contributed by atoms with van der Waals surface area (Å²) in [5.41, 5.74) is 0.999. The van der Waals surface area contributed by atoms with Gasteiger partial charge in [-0.2, -0.15) is 0 Å². The predicted octanol–water partition coefficient (Wildman–Crippen LogP) is 3.18. The van der Waals surface area contributed by atoms with Gasteiger partial charge in [-0.05, 0) is 38.2 Å². The van der Waals surface area contributed by atoms with Crippen LogP contribution >= 0.6 is 11.8 Å². The maximum Gasteiger partial charge on any atom is 0.311 e. The van der Waals surface area contributed by atoms with Crippen molar-refractivity contribution in [2.75, 3.05) is 26.3 Å². The molecule has 1 aromatic carbocycles. The Morgan fingerprint density at radius 1 is 1.22 bits per heavy atom. The van der Waals surface area contributed by atoms with Crippen LogP contribution in [0, 0.1) is 11.8 Å². The number of carbonyl (C=O) groups is 3. The van der Waals surface area contributed by atoms with Gasteiger partial charge in [0.15, 0.2) is 0 Å². The van der Waals surface area contributed by atoms with Gasteiger partial charge < -0.3 is 19.6 Å². The van der Waals surface area contributed by atoms with Crippen LogP contribution in [-0.2, 0) is 25.7 Å². The number of likely N-dealkylation sites (tertiary alicyclic amines) is 1. The quantitative estimate of drug-likeness (QED) is 0.263. The maximum absolute atomic E-state index is 14.3. The normalized spacial score (nSPS) is 30.2. The zero-order chi connectivity index (χ0) is 25.9. The van der Waals surface area contributed by atoms with Crippen molar-refractivity contribution in [2.24, 2.45) is 11.8 Å². The van der Waals surface area contributed by atoms with E-state index >= 15 is 0 Å². The molecule has 4 rings (SSSR count). The Hall–Kier alpha value is -2.58. The van der Waals surface area contributed by atoms with Crippen LogP contribution in [0.5, 0.6) is 0 Å². The van der Waals surface area contributed by atoms with Crippen molar-refractivity contribution in [3.63, 3.8) is 0 Å². The van der Waals surface area contributed by atoms with Crippen molar-refractivity contribution in [3.8, 4) is 0 Å². The third kappa shape index (κ3) is 4.50. The number of benzene rings is 1. The minimum atomic E-state index is -0.684. The van der Waals surface area contributed by atoms with Gasteiger partial charge in [0.1, 0.15) is 12.6 Å². The van der Waals surface area contributed by atoms with E-state index in [1.807, 2.05) is 37.3 Å². The molecule has 0 saturated carbocycles. The van der Waals surface area contributed by atoms with E-state index in [0.29, 0.717) is 38.9 Å². The molecule has 2 amide bonds. The lowest BCUT2D eigenvalue weighted by atomic mass is 9.66. The summed E-state index contributed by atoms with van der Waals surface area (Å²) in [4.78, 5) is 44.9. The van der Waals surface area contributed by atoms with Gasteiger partial charge >= 0.3 is 5.97 Å². The topological polar surface area (TPSA) is 87.1 Å². The van der Waals surface area contributed by atoms with Crippen LogP contribution in [0.25, 0.3) is 0 Å². The first-order chi connectivity index (χ1) is 17.3. The lowest BCUT2D eigenvalue weighted by Crippen LogP contribution is -2.54. The monoisotopic (exact) mass is 512 g/mol. The highest BCUT2D eigenvalue weighted by Crippen LogP contribution is 2.71. The average molecular weight is 513 g/mol. The molecule has 3 aliphatic rings. The van der Waals surface area contributed by atoms with E-state index in [1.165, 1.54) is 6.08 Å². The van der Waals surface area contributed by atoms with Gasteiger partial charge in [-0.1, -0.05) is 49.1 Å². The number of ether oxygens (including phenoxy) is 1. The minimum absolute atomic E-state index is 0.0230. The third-order valence-electron chi connectivity index (χ3n) is 7.79. The maximum atomic E-state index is 14.3. The molecule has 2 bridgehead atoms. The summed E-state index contributed by atoms with van der Waals surface area (Å²) >= 11 is 1.63. The molecule has 36 heavy (non-hydrogen) atoms. The number of carbonyl (C=O) groups excluding carboxylic acids is 3. The number of rotatable bonds is 12. The van der Waals surface area contributed by atoms with Crippen molar-refractivity contribution in [3.05, 3.63) is 61.2 Å². The molecule has 2 unspecified atom stereocenters. The summed E-state index contributed by atoms with van der Waals surface area (Å²) in [6, 6.07) is 9.09. The molecule has 3 fully saturated rings. The van der Waals surface area contributed by atoms with E-state index in [-0.39, 0.29) is 31.0 Å². The molecule has 1 aromatic rings. The minimum Gasteiger partial charge on any atom is -0.461 e. The number of nitrogens with zero attached hydrogens (tertiary/aromatic N) is 2. The van der Waals surface area contributed by atoms with Crippen LogP contribution in [-0.4, -0.2) is 74.5 Å². The van der Waals surface area contributed by atoms with E-state index < -0.39 is 27.4 Å². The fraction of sp³-hybridized carbons (Fsp3) is 0.536. The summed E-state index contributed by atoms with van der Waals surface area (Å²) in [5.74, 6) is -1.87. The predicted molar refractivity (Wildman–Crippen MR) is 140 cm³/mol. The lowest BCUT2D eigenvalue weighted by Gasteiger charge is -2.37. The van der Waals surface area contributed by atoms with Crippen LogP contribution in [0.2, 0.25) is 0 Å². The molecule has 3 saturated heterocycles. The standard InChI is InChI=1S/C28H36N2O5S/c1-4-15-29(19-20-11-7-6-8-12-20)25(33)23-28-14-13-27(3,36-28)22(26(34)35-18-5-2)21(28)24(32)30(23)16-9-10-17-31/h4-8,11-12,21-23,31H,1-2,9-10,13-19H2,3H3/t21-,22+,23?,27-,28?/m0/s1. The number of aliphatic hydroxyl groups excluding tert-OH is 1. The molecular formula is C28H36N2O5S. The molecule has 1 spiro atoms. The number of esters is 1. The highest BCUT2D eigenvalue weighted by molar-refractivity contribution is 8.02. The number of hydrogen-bond donors (Lipinski definition) is 1. The van der Waals surface area contributed by atoms with Gasteiger partial charge in [0.25, 0.3) is 0 Å². The van der Waals surface area contributed by atoms with Crippen molar-refractivity contribution < 1.29 is 24.2 Å². The first kappa shape index (κ1) is 26.5. The van der Waals surface area contributed by atoms with Crippen molar-refractivity contribution in [2.45, 2.75) is 54.7 Å². The number of unbranched alkanes of at least 4 members (excludes halogenated alkanes) is 1. The summed E-state index contributed by atoms with van der Waals surface area (Å²) in [5, 5.41) is 9.34. The SMILES string of the molecule is C=CCOC(=O)[C@H]1[C@H]2C(=O)N(CCCCO)C(C(=O)N(CC=C)Cc3ccccc3)C23CC[C@]1(C)S3. The fourth-order valence-electron chi connectivity index (χ4n) is 6.29. The number of amides is 2. The van der Waals surface area contributed by atoms with Crippen LogP contribution < -0.4 is 0 Å². The van der Waals surface area contributed by atoms with Gasteiger partial charge in [0.2, 0.25) is 11.8 Å². The van der Waals surface area contributed by atoms with Crippen molar-refractivity contribution >= 4 is 29.5 Å². The highest BCUT2D eigenvalue weighted by atomic mass is 32.2. The summed E-state index contributed by atoms with van der Waals surface area (Å²) in [7, 11) is 0. The first-order valence-electron chi connectivity index (χ1n) is 12.7. The summed E-state index contributed by atoms with van der Waals surface area (Å²) < 4.78 is 4.31. The smallest absolute Gasteiger partial charge is 0.311 e. The Morgan fingerprint density at radius 3 is 2.64 bits per heavy atom. The van der Waals surface area contributed by atoms with E-state index in [9.17, 15) is 19.5 Å². The number of fused-ring (bicyclic) bond motifs is 1. The van der Waals surface area contributed by atoms with Gasteiger partial charge in [-0.25, -0.2) is 0 Å². The van der Waals surface area contributed by atoms with Crippen molar-refractivity contribution in [1.82, 2.24) is 9.80 Å². The van der Waals surface area contributed by atoms with Crippen LogP contribution in [0.1, 0.15) is 38.2 Å². The highest BCUT2D eigenvalue weighted by Gasteiger charge is 2.77. The first-order valence-corrected chi connectivity index (χ1v) is 13.5. The molecule has 3 heterocycles. The van der Waals surface area contributed by atoms with E-state index in [2.05, 4.69) is 13.2 Å². The molecule has 194 valence electrons. The molecule has 1 N–H and O–H groups in total. The molecule has 3 aliphatic heterocycles. The Labute approximate surface area is 217 Å². The zero-order valence-electron chi connectivity index (χ0n) is 20.9. The van der Waals surface area contributed by atoms with E-state index in [0.717, 1.165) is 12.0 Å². The Morgan fingerprint density at radius 2 is 1.97 bits per heavy atom. The largest absolute Gasteiger partial charge is 0.461 e. The van der Waals surface area contributed by atoms with Gasteiger partial charge in [0.05, 0.1) is 16.6 Å². The Bertz CT molecular complexity index is 1020. The Balaban J connectivity index is 1.71. The van der Waals surface area contributed by atoms with E-state index in [4.69, 9.17) is 4.74 Å². The molecule has 0 aliphatic carbocycles. The molecular weight excluding hydrogens is 476 g/mol. The van der Waals surface area contributed by atoms with Crippen LogP contribution in [0.15, 0.2) is 55.6 Å². The van der Waals surface area contributed by atoms with Crippen LogP contribution in [0.4, 0.5) is 0 Å². The molecule has 0 aromatic heterocycles. The zero-order valence-corrected chi connectivity index (χ0v) is 21.8. The van der Waals surface area contributed by atoms with Crippen molar-refractivity contribution in [1.29, 1.82) is 0 Å². The average Bonchev–Trinajstić information content (AvgIpc) is 3.43. The fourth-order valence-corrected chi connectivity index (χ4v) is 8.63. The third-order valence-corrected chi connectivity index (χ3v) is 9.78. The van der Waals surface area contributed by atoms with Crippen LogP contribution in [0.3, 0.4) is 0 Å². The second-order valence-corrected chi connectivity index (χ2v) is 12.0. The van der Waals surface area contributed by atoms with Gasteiger partial charge in [-0.15, -0.1) is 18.3 Å². The molecule has 0 radical (unpaired) electrons. The number of thioether (sulfide) groups is 1. The van der Waals surface area contributed by atoms with Gasteiger partial charge in [0, 0.05) is 31.0 Å². The molecule has 5 atom stereocenters. The number of hydrogen-bond acceptors (Lipinski definition) is 6. The Kier molecular flexibility index (Phi) is 7.95. The lowest BCUT2D eigenvalue weighted by molar-refractivity contribution is -0.154.